The number of aryl methyl sites for hydroxylation is 1. The molecule has 0 amide bonds. The first-order chi connectivity index (χ1) is 10.3. The van der Waals surface area contributed by atoms with Gasteiger partial charge in [0, 0.05) is 0 Å². The standard InChI is InChI=1S/C17H18O4S/c1-12-6-8-13(9-7-12)22(18,19)15-11-17(2,3)21-16(15)14-5-4-10-20-14/h4-11,16H,1-3H3. The summed E-state index contributed by atoms with van der Waals surface area (Å²) in [7, 11) is -3.63. The number of furan rings is 1. The minimum absolute atomic E-state index is 0.233. The van der Waals surface area contributed by atoms with Crippen LogP contribution >= 0.6 is 0 Å². The Kier molecular flexibility index (Phi) is 3.50. The molecule has 5 heteroatoms. The molecule has 0 fully saturated rings. The SMILES string of the molecule is Cc1ccc(S(=O)(=O)C2=CC(C)(C)OC2c2ccco2)cc1. The van der Waals surface area contributed by atoms with Crippen LogP contribution < -0.4 is 0 Å². The van der Waals surface area contributed by atoms with Crippen molar-refractivity contribution in [2.24, 2.45) is 0 Å². The van der Waals surface area contributed by atoms with Crippen LogP contribution in [-0.4, -0.2) is 14.0 Å². The Morgan fingerprint density at radius 2 is 1.77 bits per heavy atom. The molecule has 1 unspecified atom stereocenters. The van der Waals surface area contributed by atoms with Crippen molar-refractivity contribution in [3.05, 3.63) is 65.0 Å². The molecular formula is C17H18O4S. The van der Waals surface area contributed by atoms with E-state index in [1.165, 1.54) is 6.26 Å². The molecule has 0 bridgehead atoms. The molecule has 1 aliphatic rings. The summed E-state index contributed by atoms with van der Waals surface area (Å²) in [6.45, 7) is 5.59. The van der Waals surface area contributed by atoms with Crippen LogP contribution in [0.4, 0.5) is 0 Å². The molecule has 0 aliphatic carbocycles. The molecule has 1 aromatic carbocycles. The molecule has 22 heavy (non-hydrogen) atoms. The van der Waals surface area contributed by atoms with Gasteiger partial charge >= 0.3 is 0 Å². The van der Waals surface area contributed by atoms with Gasteiger partial charge in [-0.25, -0.2) is 8.42 Å². The van der Waals surface area contributed by atoms with Crippen molar-refractivity contribution < 1.29 is 17.6 Å². The molecule has 0 radical (unpaired) electrons. The van der Waals surface area contributed by atoms with E-state index in [0.717, 1.165) is 5.56 Å². The number of sulfone groups is 1. The molecule has 0 spiro atoms. The molecule has 0 saturated heterocycles. The van der Waals surface area contributed by atoms with E-state index in [9.17, 15) is 8.42 Å². The average Bonchev–Trinajstić information content (AvgIpc) is 3.06. The molecule has 0 saturated carbocycles. The van der Waals surface area contributed by atoms with Gasteiger partial charge in [0.1, 0.15) is 5.76 Å². The fourth-order valence-electron chi connectivity index (χ4n) is 2.52. The highest BCUT2D eigenvalue weighted by Crippen LogP contribution is 2.43. The van der Waals surface area contributed by atoms with Gasteiger partial charge in [-0.15, -0.1) is 0 Å². The van der Waals surface area contributed by atoms with Gasteiger partial charge in [-0.3, -0.25) is 0 Å². The van der Waals surface area contributed by atoms with Gasteiger partial charge in [-0.1, -0.05) is 17.7 Å². The van der Waals surface area contributed by atoms with Crippen molar-refractivity contribution in [1.82, 2.24) is 0 Å². The van der Waals surface area contributed by atoms with Gasteiger partial charge in [-0.05, 0) is 51.1 Å². The molecule has 0 N–H and O–H groups in total. The Morgan fingerprint density at radius 3 is 2.36 bits per heavy atom. The van der Waals surface area contributed by atoms with Crippen LogP contribution in [0, 0.1) is 6.92 Å². The fraction of sp³-hybridized carbons (Fsp3) is 0.294. The normalized spacial score (nSPS) is 20.9. The average molecular weight is 318 g/mol. The molecule has 2 heterocycles. The number of hydrogen-bond donors (Lipinski definition) is 0. The third-order valence-electron chi connectivity index (χ3n) is 3.61. The van der Waals surface area contributed by atoms with Crippen molar-refractivity contribution in [1.29, 1.82) is 0 Å². The maximum absolute atomic E-state index is 12.9. The Bertz CT molecular complexity index is 797. The second-order valence-electron chi connectivity index (χ2n) is 5.98. The predicted molar refractivity (Wildman–Crippen MR) is 83.1 cm³/mol. The van der Waals surface area contributed by atoms with Gasteiger partial charge in [-0.2, -0.15) is 0 Å². The van der Waals surface area contributed by atoms with E-state index in [-0.39, 0.29) is 9.80 Å². The Labute approximate surface area is 130 Å². The van der Waals surface area contributed by atoms with E-state index in [1.54, 1.807) is 42.5 Å². The Morgan fingerprint density at radius 1 is 1.09 bits per heavy atom. The lowest BCUT2D eigenvalue weighted by molar-refractivity contribution is -0.00976. The number of benzene rings is 1. The zero-order valence-electron chi connectivity index (χ0n) is 12.7. The molecule has 116 valence electrons. The lowest BCUT2D eigenvalue weighted by Gasteiger charge is -2.18. The summed E-state index contributed by atoms with van der Waals surface area (Å²) in [5.74, 6) is 0.493. The lowest BCUT2D eigenvalue weighted by Crippen LogP contribution is -2.17. The first-order valence-electron chi connectivity index (χ1n) is 7.05. The van der Waals surface area contributed by atoms with Crippen molar-refractivity contribution >= 4 is 9.84 Å². The molecule has 1 aliphatic heterocycles. The summed E-state index contributed by atoms with van der Waals surface area (Å²) in [5.41, 5.74) is 0.350. The van der Waals surface area contributed by atoms with Crippen LogP contribution in [0.15, 0.2) is 63.0 Å². The Hall–Kier alpha value is -1.85. The smallest absolute Gasteiger partial charge is 0.205 e. The number of rotatable bonds is 3. The molecule has 1 aromatic heterocycles. The zero-order chi connectivity index (χ0) is 16.0. The van der Waals surface area contributed by atoms with E-state index in [4.69, 9.17) is 9.15 Å². The quantitative estimate of drug-likeness (QED) is 0.864. The van der Waals surface area contributed by atoms with Crippen LogP contribution in [0.25, 0.3) is 0 Å². The van der Waals surface area contributed by atoms with Crippen molar-refractivity contribution in [2.45, 2.75) is 37.4 Å². The first kappa shape index (κ1) is 15.1. The van der Waals surface area contributed by atoms with Crippen LogP contribution in [-0.2, 0) is 14.6 Å². The van der Waals surface area contributed by atoms with E-state index in [2.05, 4.69) is 0 Å². The number of ether oxygens (including phenoxy) is 1. The second kappa shape index (κ2) is 5.11. The minimum atomic E-state index is -3.63. The largest absolute Gasteiger partial charge is 0.466 e. The predicted octanol–water partition coefficient (Wildman–Crippen LogP) is 3.80. The summed E-state index contributed by atoms with van der Waals surface area (Å²) in [5, 5.41) is 0. The summed E-state index contributed by atoms with van der Waals surface area (Å²) < 4.78 is 37.1. The summed E-state index contributed by atoms with van der Waals surface area (Å²) in [6.07, 6.45) is 2.46. The van der Waals surface area contributed by atoms with E-state index >= 15 is 0 Å². The maximum atomic E-state index is 12.9. The third kappa shape index (κ3) is 2.62. The Balaban J connectivity index is 2.09. The van der Waals surface area contributed by atoms with Crippen LogP contribution in [0.2, 0.25) is 0 Å². The monoisotopic (exact) mass is 318 g/mol. The highest BCUT2D eigenvalue weighted by Gasteiger charge is 2.41. The van der Waals surface area contributed by atoms with E-state index in [1.807, 2.05) is 20.8 Å². The highest BCUT2D eigenvalue weighted by atomic mass is 32.2. The molecular weight excluding hydrogens is 300 g/mol. The molecule has 3 rings (SSSR count). The van der Waals surface area contributed by atoms with Gasteiger partial charge in [0.25, 0.3) is 0 Å². The molecule has 2 aromatic rings. The van der Waals surface area contributed by atoms with Crippen molar-refractivity contribution in [3.8, 4) is 0 Å². The van der Waals surface area contributed by atoms with E-state index in [0.29, 0.717) is 5.76 Å². The third-order valence-corrected chi connectivity index (χ3v) is 5.46. The summed E-state index contributed by atoms with van der Waals surface area (Å²) >= 11 is 0. The maximum Gasteiger partial charge on any atom is 0.205 e. The van der Waals surface area contributed by atoms with Crippen molar-refractivity contribution in [2.75, 3.05) is 0 Å². The van der Waals surface area contributed by atoms with Crippen molar-refractivity contribution in [3.63, 3.8) is 0 Å². The zero-order valence-corrected chi connectivity index (χ0v) is 13.6. The van der Waals surface area contributed by atoms with Crippen LogP contribution in [0.1, 0.15) is 31.3 Å². The first-order valence-corrected chi connectivity index (χ1v) is 8.54. The number of hydrogen-bond acceptors (Lipinski definition) is 4. The fourth-order valence-corrected chi connectivity index (χ4v) is 4.18. The van der Waals surface area contributed by atoms with Gasteiger partial charge in [0.15, 0.2) is 6.10 Å². The topological polar surface area (TPSA) is 56.5 Å². The van der Waals surface area contributed by atoms with Crippen LogP contribution in [0.5, 0.6) is 0 Å². The van der Waals surface area contributed by atoms with Gasteiger partial charge in [0.05, 0.1) is 21.7 Å². The van der Waals surface area contributed by atoms with Gasteiger partial charge < -0.3 is 9.15 Å². The summed E-state index contributed by atoms with van der Waals surface area (Å²) in [6, 6.07) is 10.3. The molecule has 4 nitrogen and oxygen atoms in total. The lowest BCUT2D eigenvalue weighted by atomic mass is 10.1. The van der Waals surface area contributed by atoms with Gasteiger partial charge in [0.2, 0.25) is 9.84 Å². The minimum Gasteiger partial charge on any atom is -0.466 e. The molecule has 1 atom stereocenters. The summed E-state index contributed by atoms with van der Waals surface area (Å²) in [4.78, 5) is 0.499. The van der Waals surface area contributed by atoms with E-state index < -0.39 is 21.5 Å². The highest BCUT2D eigenvalue weighted by molar-refractivity contribution is 7.95. The second-order valence-corrected chi connectivity index (χ2v) is 7.93. The van der Waals surface area contributed by atoms with Crippen LogP contribution in [0.3, 0.4) is 0 Å².